The number of rotatable bonds is 2. The third-order valence-electron chi connectivity index (χ3n) is 11.8. The summed E-state index contributed by atoms with van der Waals surface area (Å²) in [5.74, 6) is -6.77. The summed E-state index contributed by atoms with van der Waals surface area (Å²) >= 11 is 0. The summed E-state index contributed by atoms with van der Waals surface area (Å²) in [4.78, 5) is 42.6. The fourth-order valence-electron chi connectivity index (χ4n) is 8.27. The van der Waals surface area contributed by atoms with Gasteiger partial charge in [0, 0.05) is 67.4 Å². The number of allylic oxidation sites excluding steroid dienone is 4. The molecule has 306 valence electrons. The Morgan fingerprint density at radius 3 is 2.32 bits per heavy atom. The zero-order valence-corrected chi connectivity index (χ0v) is 33.9. The van der Waals surface area contributed by atoms with Crippen molar-refractivity contribution in [3.05, 3.63) is 71.2 Å². The number of phenolic OH excluding ortho intramolecular Hbond substituents is 2. The zero-order valence-electron chi connectivity index (χ0n) is 33.9. The SMILES string of the molecule is CO[C@H]1/C=C/O[C@@]2(C)Oc3c(C)c(O)c4c(O)c(c5c(c4c3C2=O)NC2C=C(C)C=CN52)NC(=O)/C(C)=C\C=C\[C@H](C)C(O)[C@@H](C)[C@@H](O)[C@@H](C)C(OC(C)=O)[C@@H]1C. The number of carbonyl (C=O) groups excluding carboxylic acids is 3. The van der Waals surface area contributed by atoms with Gasteiger partial charge in [0.1, 0.15) is 29.5 Å². The van der Waals surface area contributed by atoms with E-state index in [1.807, 2.05) is 24.0 Å². The Bertz CT molecular complexity index is 2150. The van der Waals surface area contributed by atoms with Gasteiger partial charge in [0.25, 0.3) is 11.7 Å². The number of aliphatic hydroxyl groups is 2. The van der Waals surface area contributed by atoms with Crippen LogP contribution in [0.2, 0.25) is 0 Å². The first-order valence-electron chi connectivity index (χ1n) is 19.1. The van der Waals surface area contributed by atoms with E-state index in [0.717, 1.165) is 5.57 Å². The van der Waals surface area contributed by atoms with Crippen molar-refractivity contribution in [2.45, 2.75) is 98.7 Å². The molecule has 2 aromatic carbocycles. The lowest BCUT2D eigenvalue weighted by Crippen LogP contribution is -2.46. The largest absolute Gasteiger partial charge is 0.507 e. The molecule has 6 rings (SSSR count). The molecule has 0 radical (unpaired) electrons. The summed E-state index contributed by atoms with van der Waals surface area (Å²) in [5.41, 5.74) is 2.18. The summed E-state index contributed by atoms with van der Waals surface area (Å²) in [6.45, 7) is 14.8. The minimum Gasteiger partial charge on any atom is -0.507 e. The van der Waals surface area contributed by atoms with Crippen LogP contribution < -0.4 is 20.3 Å². The molecule has 14 heteroatoms. The van der Waals surface area contributed by atoms with Gasteiger partial charge in [0.15, 0.2) is 5.75 Å². The highest BCUT2D eigenvalue weighted by atomic mass is 16.7. The number of nitrogens with zero attached hydrogens (tertiary/aromatic N) is 1. The number of benzene rings is 2. The van der Waals surface area contributed by atoms with E-state index in [1.54, 1.807) is 72.0 Å². The zero-order chi connectivity index (χ0) is 41.8. The van der Waals surface area contributed by atoms with Gasteiger partial charge in [0.05, 0.1) is 46.9 Å². The van der Waals surface area contributed by atoms with Crippen LogP contribution >= 0.6 is 0 Å². The number of hydrogen-bond donors (Lipinski definition) is 6. The highest BCUT2D eigenvalue weighted by Crippen LogP contribution is 2.59. The van der Waals surface area contributed by atoms with Crippen LogP contribution in [-0.4, -0.2) is 81.6 Å². The highest BCUT2D eigenvalue weighted by molar-refractivity contribution is 6.27. The average molecular weight is 788 g/mol. The second-order valence-corrected chi connectivity index (χ2v) is 15.8. The first-order chi connectivity index (χ1) is 26.8. The van der Waals surface area contributed by atoms with Crippen molar-refractivity contribution < 1.29 is 53.8 Å². The fraction of sp³-hybridized carbons (Fsp3) is 0.465. The Kier molecular flexibility index (Phi) is 11.3. The molecule has 1 amide bonds. The van der Waals surface area contributed by atoms with Crippen molar-refractivity contribution in [2.75, 3.05) is 22.6 Å². The molecule has 0 saturated carbocycles. The lowest BCUT2D eigenvalue weighted by Gasteiger charge is -2.38. The molecule has 10 atom stereocenters. The first-order valence-corrected chi connectivity index (χ1v) is 19.1. The van der Waals surface area contributed by atoms with Crippen molar-refractivity contribution in [1.82, 2.24) is 0 Å². The number of ether oxygens (including phenoxy) is 4. The van der Waals surface area contributed by atoms with E-state index in [-0.39, 0.29) is 44.7 Å². The first kappa shape index (κ1) is 41.3. The molecule has 3 unspecified atom stereocenters. The Hall–Kier alpha value is -5.31. The van der Waals surface area contributed by atoms with Gasteiger partial charge in [-0.15, -0.1) is 0 Å². The normalized spacial score (nSPS) is 33.6. The molecule has 57 heavy (non-hydrogen) atoms. The number of fused-ring (bicyclic) bond motifs is 2. The standard InChI is InChI=1S/C43H53N3O11/c1-19-14-16-46-28(18-19)44-32-29-30-37(50)25(7)40-31(29)41(52)43(9,57-40)55-17-15-27(54-10)22(4)39(56-26(8)47)24(6)36(49)23(5)35(48)20(2)12-11-13-21(3)42(53)45-33(34(32)46)38(30)51/h11-18,20,22-24,27-28,35-36,39,44,48-51H,1-10H3,(H,45,53)/b12-11+,17-15+,21-13-/t20-,22+,23+,24+,27-,28?,35?,36+,39?,43-/m0/s1. The van der Waals surface area contributed by atoms with Crippen LogP contribution in [0.1, 0.15) is 71.3 Å². The van der Waals surface area contributed by atoms with Gasteiger partial charge >= 0.3 is 11.8 Å². The number of nitrogens with one attached hydrogen (secondary N) is 2. The van der Waals surface area contributed by atoms with Crippen LogP contribution in [-0.2, 0) is 23.8 Å². The van der Waals surface area contributed by atoms with Crippen LogP contribution in [0.25, 0.3) is 10.8 Å². The van der Waals surface area contributed by atoms with Gasteiger partial charge in [-0.05, 0) is 44.6 Å². The third kappa shape index (κ3) is 7.14. The Morgan fingerprint density at radius 1 is 0.947 bits per heavy atom. The smallest absolute Gasteiger partial charge is 0.312 e. The molecule has 0 aromatic heterocycles. The number of carbonyl (C=O) groups is 3. The van der Waals surface area contributed by atoms with Gasteiger partial charge in [-0.1, -0.05) is 45.9 Å². The van der Waals surface area contributed by atoms with E-state index in [0.29, 0.717) is 11.4 Å². The molecule has 14 nitrogen and oxygen atoms in total. The minimum atomic E-state index is -1.94. The van der Waals surface area contributed by atoms with Crippen LogP contribution in [0.15, 0.2) is 60.1 Å². The Labute approximate surface area is 332 Å². The van der Waals surface area contributed by atoms with Crippen molar-refractivity contribution in [3.63, 3.8) is 0 Å². The third-order valence-corrected chi connectivity index (χ3v) is 11.8. The second kappa shape index (κ2) is 15.6. The Morgan fingerprint density at radius 2 is 1.65 bits per heavy atom. The van der Waals surface area contributed by atoms with Gasteiger partial charge in [-0.3, -0.25) is 14.4 Å². The molecular weight excluding hydrogens is 734 g/mol. The van der Waals surface area contributed by atoms with Crippen LogP contribution in [0.3, 0.4) is 0 Å². The summed E-state index contributed by atoms with van der Waals surface area (Å²) in [7, 11) is 1.46. The molecule has 2 aromatic rings. The number of aliphatic hydroxyl groups excluding tert-OH is 2. The lowest BCUT2D eigenvalue weighted by atomic mass is 9.78. The molecule has 4 aliphatic heterocycles. The molecule has 4 heterocycles. The number of hydrogen-bond acceptors (Lipinski definition) is 13. The molecule has 6 N–H and O–H groups in total. The predicted octanol–water partition coefficient (Wildman–Crippen LogP) is 6.08. The monoisotopic (exact) mass is 787 g/mol. The van der Waals surface area contributed by atoms with Gasteiger partial charge in [-0.25, -0.2) is 0 Å². The van der Waals surface area contributed by atoms with Crippen LogP contribution in [0, 0.1) is 30.6 Å². The maximum Gasteiger partial charge on any atom is 0.312 e. The summed E-state index contributed by atoms with van der Waals surface area (Å²) in [6.07, 6.45) is 9.12. The quantitative estimate of drug-likeness (QED) is 0.117. The second-order valence-electron chi connectivity index (χ2n) is 15.8. The van der Waals surface area contributed by atoms with E-state index in [1.165, 1.54) is 27.2 Å². The highest BCUT2D eigenvalue weighted by Gasteiger charge is 2.50. The number of phenols is 2. The average Bonchev–Trinajstić information content (AvgIpc) is 3.67. The van der Waals surface area contributed by atoms with E-state index in [4.69, 9.17) is 18.9 Å². The minimum absolute atomic E-state index is 0.0109. The summed E-state index contributed by atoms with van der Waals surface area (Å²) < 4.78 is 23.9. The number of esters is 1. The number of methoxy groups -OCH3 is 1. The van der Waals surface area contributed by atoms with E-state index >= 15 is 0 Å². The van der Waals surface area contributed by atoms with Crippen molar-refractivity contribution in [3.8, 4) is 17.2 Å². The number of amides is 1. The Balaban J connectivity index is 1.54. The molecule has 0 spiro atoms. The van der Waals surface area contributed by atoms with E-state index in [9.17, 15) is 34.8 Å². The van der Waals surface area contributed by atoms with Crippen LogP contribution in [0.5, 0.6) is 17.2 Å². The number of Topliss-reactive ketones (excluding diaryl/α,β-unsaturated/α-hetero) is 1. The summed E-state index contributed by atoms with van der Waals surface area (Å²) in [5, 5.41) is 53.0. The molecule has 4 bridgehead atoms. The molecular formula is C43H53N3O11. The summed E-state index contributed by atoms with van der Waals surface area (Å²) in [6, 6.07) is 0. The van der Waals surface area contributed by atoms with Gasteiger partial charge in [-0.2, -0.15) is 0 Å². The van der Waals surface area contributed by atoms with Crippen molar-refractivity contribution >= 4 is 45.5 Å². The number of ketones is 1. The molecule has 0 aliphatic carbocycles. The topological polar surface area (TPSA) is 196 Å². The van der Waals surface area contributed by atoms with Crippen molar-refractivity contribution in [1.29, 1.82) is 0 Å². The number of aromatic hydroxyl groups is 2. The maximum atomic E-state index is 14.6. The lowest BCUT2D eigenvalue weighted by molar-refractivity contribution is -0.160. The van der Waals surface area contributed by atoms with Crippen molar-refractivity contribution in [2.24, 2.45) is 23.7 Å². The van der Waals surface area contributed by atoms with E-state index < -0.39 is 83.4 Å². The van der Waals surface area contributed by atoms with Crippen LogP contribution in [0.4, 0.5) is 17.1 Å². The number of anilines is 3. The molecule has 4 aliphatic rings. The van der Waals surface area contributed by atoms with E-state index in [2.05, 4.69) is 10.6 Å². The predicted molar refractivity (Wildman–Crippen MR) is 215 cm³/mol. The maximum absolute atomic E-state index is 14.6. The van der Waals surface area contributed by atoms with Gasteiger partial charge in [0.2, 0.25) is 0 Å². The molecule has 0 saturated heterocycles. The van der Waals surface area contributed by atoms with Gasteiger partial charge < -0.3 is 54.9 Å². The molecule has 0 fully saturated rings. The fourth-order valence-corrected chi connectivity index (χ4v) is 8.27.